The average Bonchev–Trinajstić information content (AvgIpc) is 3.24. The number of benzene rings is 1. The number of hydrogen-bond donors (Lipinski definition) is 2. The largest absolute Gasteiger partial charge is 0.483 e. The molecule has 0 bridgehead atoms. The van der Waals surface area contributed by atoms with E-state index in [0.29, 0.717) is 17.1 Å². The van der Waals surface area contributed by atoms with E-state index in [-0.39, 0.29) is 23.9 Å². The Morgan fingerprint density at radius 3 is 2.58 bits per heavy atom. The summed E-state index contributed by atoms with van der Waals surface area (Å²) in [5, 5.41) is 10.3. The van der Waals surface area contributed by atoms with Crippen LogP contribution in [0.1, 0.15) is 0 Å². The van der Waals surface area contributed by atoms with Crippen molar-refractivity contribution >= 4 is 44.9 Å². The molecule has 3 aromatic rings. The van der Waals surface area contributed by atoms with Gasteiger partial charge in [-0.05, 0) is 37.4 Å². The quantitative estimate of drug-likeness (QED) is 0.536. The maximum absolute atomic E-state index is 13.3. The van der Waals surface area contributed by atoms with Crippen LogP contribution in [0.15, 0.2) is 47.5 Å². The van der Waals surface area contributed by atoms with Gasteiger partial charge in [-0.2, -0.15) is 0 Å². The van der Waals surface area contributed by atoms with Crippen LogP contribution in [0.5, 0.6) is 5.75 Å². The lowest BCUT2D eigenvalue weighted by molar-refractivity contribution is -0.123. The van der Waals surface area contributed by atoms with Crippen molar-refractivity contribution in [1.82, 2.24) is 13.9 Å². The fourth-order valence-corrected chi connectivity index (χ4v) is 5.03. The van der Waals surface area contributed by atoms with Crippen LogP contribution < -0.4 is 15.0 Å². The van der Waals surface area contributed by atoms with Crippen molar-refractivity contribution in [1.29, 1.82) is 0 Å². The van der Waals surface area contributed by atoms with Crippen molar-refractivity contribution in [3.8, 4) is 5.75 Å². The third-order valence-electron chi connectivity index (χ3n) is 5.46. The van der Waals surface area contributed by atoms with Gasteiger partial charge in [-0.25, -0.2) is 17.4 Å². The molecule has 1 amide bonds. The third kappa shape index (κ3) is 4.47. The second kappa shape index (κ2) is 9.08. The summed E-state index contributed by atoms with van der Waals surface area (Å²) in [6, 6.07) is 9.99. The second-order valence-electron chi connectivity index (χ2n) is 7.59. The van der Waals surface area contributed by atoms with E-state index in [1.807, 2.05) is 12.1 Å². The van der Waals surface area contributed by atoms with Crippen LogP contribution in [0.3, 0.4) is 0 Å². The van der Waals surface area contributed by atoms with Gasteiger partial charge in [0.1, 0.15) is 11.6 Å². The monoisotopic (exact) mass is 473 g/mol. The Balaban J connectivity index is 0.000000821. The number of carboxylic acid groups (broad SMARTS) is 1. The van der Waals surface area contributed by atoms with Gasteiger partial charge in [-0.15, -0.1) is 0 Å². The van der Waals surface area contributed by atoms with Crippen molar-refractivity contribution in [3.05, 3.63) is 42.6 Å². The first-order valence-corrected chi connectivity index (χ1v) is 11.6. The SMILES string of the molecule is CN1CCN(c2ccc3ccn(S(=O)(=O)c4ccc5c(c4)OCC(=O)N5)c3n2)CC1.O=CO. The number of hydrogen-bond acceptors (Lipinski definition) is 8. The fraction of sp³-hybridized carbons (Fsp3) is 0.286. The Morgan fingerprint density at radius 2 is 1.85 bits per heavy atom. The van der Waals surface area contributed by atoms with Crippen LogP contribution in [-0.2, 0) is 19.6 Å². The lowest BCUT2D eigenvalue weighted by Crippen LogP contribution is -2.44. The highest BCUT2D eigenvalue weighted by atomic mass is 32.2. The molecule has 5 rings (SSSR count). The summed E-state index contributed by atoms with van der Waals surface area (Å²) in [5.74, 6) is 0.829. The Hall–Kier alpha value is -3.64. The van der Waals surface area contributed by atoms with Crippen LogP contribution in [0.4, 0.5) is 11.5 Å². The van der Waals surface area contributed by atoms with Gasteiger partial charge >= 0.3 is 0 Å². The molecule has 4 heterocycles. The molecule has 0 spiro atoms. The van der Waals surface area contributed by atoms with Gasteiger partial charge in [-0.3, -0.25) is 9.59 Å². The molecule has 2 aliphatic rings. The molecule has 0 unspecified atom stereocenters. The van der Waals surface area contributed by atoms with Crippen LogP contribution >= 0.6 is 0 Å². The summed E-state index contributed by atoms with van der Waals surface area (Å²) in [5.41, 5.74) is 0.844. The zero-order chi connectivity index (χ0) is 23.6. The van der Waals surface area contributed by atoms with Crippen LogP contribution in [-0.4, -0.2) is 79.6 Å². The van der Waals surface area contributed by atoms with E-state index in [1.165, 1.54) is 28.4 Å². The maximum Gasteiger partial charge on any atom is 0.290 e. The zero-order valence-corrected chi connectivity index (χ0v) is 18.7. The maximum atomic E-state index is 13.3. The standard InChI is InChI=1S/C20H21N5O4S.CH2O2/c1-23-8-10-24(11-9-23)18-5-2-14-6-7-25(20(14)22-18)30(27,28)15-3-4-16-17(12-15)29-13-19(26)21-16;2-1-3/h2-7,12H,8-11,13H2,1H3,(H,21,26);1H,(H,2,3). The Bertz CT molecular complexity index is 1300. The fourth-order valence-electron chi connectivity index (χ4n) is 3.71. The number of carbonyl (C=O) groups is 2. The van der Waals surface area contributed by atoms with Gasteiger partial charge < -0.3 is 25.0 Å². The molecule has 1 saturated heterocycles. The van der Waals surface area contributed by atoms with E-state index in [0.717, 1.165) is 37.4 Å². The Labute approximate surface area is 190 Å². The molecule has 174 valence electrons. The topological polar surface area (TPSA) is 134 Å². The number of carbonyl (C=O) groups excluding carboxylic acids is 1. The van der Waals surface area contributed by atoms with Gasteiger partial charge in [0.25, 0.3) is 22.4 Å². The minimum Gasteiger partial charge on any atom is -0.483 e. The first-order chi connectivity index (χ1) is 15.8. The highest BCUT2D eigenvalue weighted by molar-refractivity contribution is 7.90. The van der Waals surface area contributed by atoms with Crippen molar-refractivity contribution in [3.63, 3.8) is 0 Å². The minimum absolute atomic E-state index is 0.0710. The average molecular weight is 474 g/mol. The Kier molecular flexibility index (Phi) is 6.20. The molecule has 0 atom stereocenters. The Morgan fingerprint density at radius 1 is 1.12 bits per heavy atom. The van der Waals surface area contributed by atoms with E-state index in [4.69, 9.17) is 14.6 Å². The molecule has 2 aromatic heterocycles. The van der Waals surface area contributed by atoms with Crippen molar-refractivity contribution in [2.45, 2.75) is 4.90 Å². The number of ether oxygens (including phenoxy) is 1. The van der Waals surface area contributed by atoms with Crippen molar-refractivity contribution in [2.75, 3.05) is 50.1 Å². The summed E-state index contributed by atoms with van der Waals surface area (Å²) < 4.78 is 33.3. The van der Waals surface area contributed by atoms with E-state index < -0.39 is 10.0 Å². The lowest BCUT2D eigenvalue weighted by Gasteiger charge is -2.33. The molecule has 0 saturated carbocycles. The number of likely N-dealkylation sites (N-methyl/N-ethyl adjacent to an activating group) is 1. The summed E-state index contributed by atoms with van der Waals surface area (Å²) in [6.07, 6.45) is 1.52. The molecule has 2 aliphatic heterocycles. The molecular formula is C21H23N5O6S. The number of anilines is 2. The summed E-state index contributed by atoms with van der Waals surface area (Å²) in [7, 11) is -1.81. The highest BCUT2D eigenvalue weighted by Crippen LogP contribution is 2.32. The molecule has 12 heteroatoms. The van der Waals surface area contributed by atoms with E-state index in [1.54, 1.807) is 6.07 Å². The van der Waals surface area contributed by atoms with Gasteiger partial charge in [-0.1, -0.05) is 0 Å². The molecular weight excluding hydrogens is 450 g/mol. The van der Waals surface area contributed by atoms with Gasteiger partial charge in [0.05, 0.1) is 10.6 Å². The van der Waals surface area contributed by atoms with Crippen molar-refractivity contribution < 1.29 is 27.9 Å². The number of amides is 1. The van der Waals surface area contributed by atoms with Crippen LogP contribution in [0.25, 0.3) is 11.0 Å². The molecule has 0 aliphatic carbocycles. The van der Waals surface area contributed by atoms with Gasteiger partial charge in [0.2, 0.25) is 0 Å². The first kappa shape index (κ1) is 22.6. The summed E-state index contributed by atoms with van der Waals surface area (Å²) in [4.78, 5) is 29.0. The number of nitrogens with one attached hydrogen (secondary N) is 1. The van der Waals surface area contributed by atoms with Crippen LogP contribution in [0, 0.1) is 0 Å². The molecule has 0 radical (unpaired) electrons. The normalized spacial score (nSPS) is 16.3. The number of fused-ring (bicyclic) bond motifs is 2. The number of aromatic nitrogens is 2. The van der Waals surface area contributed by atoms with Gasteiger partial charge in [0, 0.05) is 43.8 Å². The number of pyridine rings is 1. The van der Waals surface area contributed by atoms with Crippen molar-refractivity contribution in [2.24, 2.45) is 0 Å². The highest BCUT2D eigenvalue weighted by Gasteiger charge is 2.24. The number of rotatable bonds is 3. The zero-order valence-electron chi connectivity index (χ0n) is 17.8. The predicted molar refractivity (Wildman–Crippen MR) is 121 cm³/mol. The molecule has 2 N–H and O–H groups in total. The number of nitrogens with zero attached hydrogens (tertiary/aromatic N) is 4. The molecule has 1 aromatic carbocycles. The van der Waals surface area contributed by atoms with Gasteiger partial charge in [0.15, 0.2) is 12.3 Å². The van der Waals surface area contributed by atoms with E-state index in [2.05, 4.69) is 27.1 Å². The molecule has 11 nitrogen and oxygen atoms in total. The first-order valence-electron chi connectivity index (χ1n) is 10.1. The van der Waals surface area contributed by atoms with E-state index in [9.17, 15) is 13.2 Å². The second-order valence-corrected chi connectivity index (χ2v) is 9.40. The van der Waals surface area contributed by atoms with E-state index >= 15 is 0 Å². The predicted octanol–water partition coefficient (Wildman–Crippen LogP) is 1.06. The summed E-state index contributed by atoms with van der Waals surface area (Å²) >= 11 is 0. The van der Waals surface area contributed by atoms with Crippen LogP contribution in [0.2, 0.25) is 0 Å². The smallest absolute Gasteiger partial charge is 0.290 e. The molecule has 1 fully saturated rings. The lowest BCUT2D eigenvalue weighted by atomic mass is 10.2. The third-order valence-corrected chi connectivity index (χ3v) is 7.12. The number of piperazine rings is 1. The minimum atomic E-state index is -3.89. The molecule has 33 heavy (non-hydrogen) atoms. The summed E-state index contributed by atoms with van der Waals surface area (Å²) in [6.45, 7) is 3.17.